The van der Waals surface area contributed by atoms with E-state index in [1.165, 1.54) is 38.8 Å². The first-order valence-corrected chi connectivity index (χ1v) is 5.88. The minimum Gasteiger partial charge on any atom is -0.381 e. The summed E-state index contributed by atoms with van der Waals surface area (Å²) in [6.45, 7) is 4.43. The van der Waals surface area contributed by atoms with Crippen molar-refractivity contribution in [3.63, 3.8) is 0 Å². The van der Waals surface area contributed by atoms with Gasteiger partial charge in [0.05, 0.1) is 0 Å². The highest BCUT2D eigenvalue weighted by Gasteiger charge is 2.24. The van der Waals surface area contributed by atoms with E-state index in [9.17, 15) is 0 Å². The van der Waals surface area contributed by atoms with Crippen LogP contribution in [0.2, 0.25) is 0 Å². The van der Waals surface area contributed by atoms with E-state index in [1.54, 1.807) is 0 Å². The van der Waals surface area contributed by atoms with Gasteiger partial charge in [-0.25, -0.2) is 0 Å². The van der Waals surface area contributed by atoms with E-state index < -0.39 is 0 Å². The molecule has 0 aromatic heterocycles. The van der Waals surface area contributed by atoms with Gasteiger partial charge in [0.1, 0.15) is 0 Å². The Morgan fingerprint density at radius 1 is 1.00 bits per heavy atom. The lowest BCUT2D eigenvalue weighted by atomic mass is 10.0. The Hall–Kier alpha value is 0.270. The van der Waals surface area contributed by atoms with Gasteiger partial charge in [-0.3, -0.25) is 0 Å². The van der Waals surface area contributed by atoms with Crippen LogP contribution in [-0.4, -0.2) is 42.5 Å². The predicted octanol–water partition coefficient (Wildman–Crippen LogP) is 1.56. The number of rotatable bonds is 1. The molecule has 76 valence electrons. The van der Waals surface area contributed by atoms with Crippen LogP contribution in [-0.2, 0) is 4.74 Å². The quantitative estimate of drug-likeness (QED) is 0.646. The Morgan fingerprint density at radius 2 is 1.62 bits per heavy atom. The van der Waals surface area contributed by atoms with Crippen molar-refractivity contribution in [3.05, 3.63) is 0 Å². The Bertz CT molecular complexity index is 151. The van der Waals surface area contributed by atoms with Gasteiger partial charge in [-0.05, 0) is 38.8 Å². The number of ether oxygens (including phenoxy) is 1. The van der Waals surface area contributed by atoms with Gasteiger partial charge in [0.15, 0.2) is 0 Å². The Labute approximate surface area is 86.0 Å². The fraction of sp³-hybridized carbons (Fsp3) is 1.00. The van der Waals surface area contributed by atoms with E-state index in [0.29, 0.717) is 5.25 Å². The number of nitrogens with zero attached hydrogens (tertiary/aromatic N) is 1. The number of thiol groups is 1. The molecule has 2 saturated heterocycles. The summed E-state index contributed by atoms with van der Waals surface area (Å²) >= 11 is 4.51. The maximum absolute atomic E-state index is 5.37. The Kier molecular flexibility index (Phi) is 3.52. The average molecular weight is 201 g/mol. The molecular formula is C10H19NOS. The maximum atomic E-state index is 5.37. The second-order valence-electron chi connectivity index (χ2n) is 4.11. The van der Waals surface area contributed by atoms with Gasteiger partial charge >= 0.3 is 0 Å². The molecular weight excluding hydrogens is 182 g/mol. The molecule has 2 nitrogen and oxygen atoms in total. The van der Waals surface area contributed by atoms with Crippen LogP contribution >= 0.6 is 12.6 Å². The van der Waals surface area contributed by atoms with E-state index in [0.717, 1.165) is 19.3 Å². The van der Waals surface area contributed by atoms with Gasteiger partial charge in [0.25, 0.3) is 0 Å². The molecule has 0 amide bonds. The van der Waals surface area contributed by atoms with Gasteiger partial charge in [-0.15, -0.1) is 0 Å². The molecule has 13 heavy (non-hydrogen) atoms. The molecule has 2 fully saturated rings. The molecule has 0 radical (unpaired) electrons. The summed E-state index contributed by atoms with van der Waals surface area (Å²) in [5.41, 5.74) is 0. The minimum atomic E-state index is 0.649. The highest BCUT2D eigenvalue weighted by Crippen LogP contribution is 2.21. The fourth-order valence-electron chi connectivity index (χ4n) is 2.30. The second kappa shape index (κ2) is 4.67. The van der Waals surface area contributed by atoms with Gasteiger partial charge in [-0.1, -0.05) is 0 Å². The van der Waals surface area contributed by atoms with Crippen molar-refractivity contribution >= 4 is 12.6 Å². The molecule has 2 rings (SSSR count). The van der Waals surface area contributed by atoms with Crippen molar-refractivity contribution in [2.45, 2.75) is 37.0 Å². The molecule has 0 unspecified atom stereocenters. The van der Waals surface area contributed by atoms with Crippen LogP contribution in [0.1, 0.15) is 25.7 Å². The van der Waals surface area contributed by atoms with Crippen molar-refractivity contribution in [2.75, 3.05) is 26.3 Å². The minimum absolute atomic E-state index is 0.649. The molecule has 0 atom stereocenters. The molecule has 3 heteroatoms. The molecule has 2 aliphatic rings. The highest BCUT2D eigenvalue weighted by atomic mass is 32.1. The van der Waals surface area contributed by atoms with Crippen LogP contribution < -0.4 is 0 Å². The third-order valence-corrected chi connectivity index (χ3v) is 3.72. The van der Waals surface area contributed by atoms with Crippen molar-refractivity contribution in [3.8, 4) is 0 Å². The maximum Gasteiger partial charge on any atom is 0.0480 e. The highest BCUT2D eigenvalue weighted by molar-refractivity contribution is 7.80. The van der Waals surface area contributed by atoms with Gasteiger partial charge in [0, 0.05) is 24.5 Å². The monoisotopic (exact) mass is 201 g/mol. The molecule has 2 aliphatic heterocycles. The summed E-state index contributed by atoms with van der Waals surface area (Å²) < 4.78 is 5.37. The van der Waals surface area contributed by atoms with Gasteiger partial charge in [0.2, 0.25) is 0 Å². The smallest absolute Gasteiger partial charge is 0.0480 e. The topological polar surface area (TPSA) is 12.5 Å². The van der Waals surface area contributed by atoms with E-state index in [-0.39, 0.29) is 0 Å². The van der Waals surface area contributed by atoms with E-state index in [2.05, 4.69) is 17.5 Å². The van der Waals surface area contributed by atoms with Gasteiger partial charge in [-0.2, -0.15) is 12.6 Å². The summed E-state index contributed by atoms with van der Waals surface area (Å²) in [7, 11) is 0. The van der Waals surface area contributed by atoms with Crippen LogP contribution in [0.5, 0.6) is 0 Å². The third kappa shape index (κ3) is 2.61. The zero-order chi connectivity index (χ0) is 9.10. The molecule has 0 saturated carbocycles. The molecule has 0 aliphatic carbocycles. The van der Waals surface area contributed by atoms with Crippen LogP contribution in [0.15, 0.2) is 0 Å². The third-order valence-electron chi connectivity index (χ3n) is 3.21. The largest absolute Gasteiger partial charge is 0.381 e. The molecule has 0 aromatic rings. The zero-order valence-electron chi connectivity index (χ0n) is 8.11. The molecule has 0 aromatic carbocycles. The normalized spacial score (nSPS) is 29.3. The van der Waals surface area contributed by atoms with Gasteiger partial charge < -0.3 is 9.64 Å². The molecule has 2 heterocycles. The van der Waals surface area contributed by atoms with Crippen molar-refractivity contribution < 1.29 is 4.74 Å². The lowest BCUT2D eigenvalue weighted by molar-refractivity contribution is 0.0280. The average Bonchev–Trinajstić information content (AvgIpc) is 2.20. The SMILES string of the molecule is SC1CCN(C2CCOCC2)CC1. The predicted molar refractivity (Wildman–Crippen MR) is 57.4 cm³/mol. The van der Waals surface area contributed by atoms with Crippen molar-refractivity contribution in [1.82, 2.24) is 4.90 Å². The number of hydrogen-bond donors (Lipinski definition) is 1. The molecule has 0 spiro atoms. The lowest BCUT2D eigenvalue weighted by Crippen LogP contribution is -2.44. The Morgan fingerprint density at radius 3 is 2.23 bits per heavy atom. The standard InChI is InChI=1S/C10H19NOS/c13-10-1-5-11(6-2-10)9-3-7-12-8-4-9/h9-10,13H,1-8H2. The summed E-state index contributed by atoms with van der Waals surface area (Å²) in [5, 5.41) is 0.649. The summed E-state index contributed by atoms with van der Waals surface area (Å²) in [4.78, 5) is 2.63. The number of hydrogen-bond acceptors (Lipinski definition) is 3. The van der Waals surface area contributed by atoms with E-state index >= 15 is 0 Å². The molecule has 0 bridgehead atoms. The summed E-state index contributed by atoms with van der Waals surface area (Å²) in [5.74, 6) is 0. The first-order valence-electron chi connectivity index (χ1n) is 5.36. The second-order valence-corrected chi connectivity index (χ2v) is 4.84. The summed E-state index contributed by atoms with van der Waals surface area (Å²) in [6, 6.07) is 0.801. The van der Waals surface area contributed by atoms with Crippen molar-refractivity contribution in [2.24, 2.45) is 0 Å². The number of piperidine rings is 1. The van der Waals surface area contributed by atoms with Crippen molar-refractivity contribution in [1.29, 1.82) is 0 Å². The molecule has 0 N–H and O–H groups in total. The number of likely N-dealkylation sites (tertiary alicyclic amines) is 1. The van der Waals surface area contributed by atoms with E-state index in [4.69, 9.17) is 4.74 Å². The zero-order valence-corrected chi connectivity index (χ0v) is 9.01. The van der Waals surface area contributed by atoms with Crippen LogP contribution in [0.4, 0.5) is 0 Å². The van der Waals surface area contributed by atoms with Crippen LogP contribution in [0.3, 0.4) is 0 Å². The first-order chi connectivity index (χ1) is 6.36. The van der Waals surface area contributed by atoms with Crippen LogP contribution in [0.25, 0.3) is 0 Å². The van der Waals surface area contributed by atoms with E-state index in [1.807, 2.05) is 0 Å². The summed E-state index contributed by atoms with van der Waals surface area (Å²) in [6.07, 6.45) is 5.00. The fourth-order valence-corrected chi connectivity index (χ4v) is 2.53. The Balaban J connectivity index is 1.79. The lowest BCUT2D eigenvalue weighted by Gasteiger charge is -2.38. The van der Waals surface area contributed by atoms with Crippen LogP contribution in [0, 0.1) is 0 Å². The first kappa shape index (κ1) is 9.81.